The average Bonchev–Trinajstić information content (AvgIpc) is 2.35. The molecule has 2 aromatic carbocycles. The Bertz CT molecular complexity index is 459. The van der Waals surface area contributed by atoms with Gasteiger partial charge in [0.15, 0.2) is 0 Å². The van der Waals surface area contributed by atoms with E-state index < -0.39 is 0 Å². The smallest absolute Gasteiger partial charge is 0.119 e. The van der Waals surface area contributed by atoms with Crippen molar-refractivity contribution in [1.82, 2.24) is 0 Å². The second-order valence-electron chi connectivity index (χ2n) is 3.82. The number of hydrogen-bond acceptors (Lipinski definition) is 2. The van der Waals surface area contributed by atoms with E-state index in [1.54, 1.807) is 11.8 Å². The van der Waals surface area contributed by atoms with E-state index in [1.807, 2.05) is 19.1 Å². The molecule has 0 aliphatic rings. The van der Waals surface area contributed by atoms with Crippen molar-refractivity contribution in [3.05, 3.63) is 54.1 Å². The maximum atomic E-state index is 5.42. The molecule has 0 unspecified atom stereocenters. The first kappa shape index (κ1) is 12.1. The number of benzene rings is 2. The zero-order chi connectivity index (χ0) is 12.1. The van der Waals surface area contributed by atoms with Crippen LogP contribution in [-0.4, -0.2) is 6.61 Å². The molecule has 0 fully saturated rings. The van der Waals surface area contributed by atoms with Crippen molar-refractivity contribution in [1.29, 1.82) is 0 Å². The molecule has 0 bridgehead atoms. The van der Waals surface area contributed by atoms with E-state index in [0.717, 1.165) is 5.75 Å². The Labute approximate surface area is 107 Å². The molecule has 0 spiro atoms. The zero-order valence-electron chi connectivity index (χ0n) is 10.1. The normalized spacial score (nSPS) is 10.2. The topological polar surface area (TPSA) is 9.23 Å². The SMILES string of the molecule is CCOc1ccc(Sc2ccc(C)cc2)cc1. The van der Waals surface area contributed by atoms with Gasteiger partial charge in [0, 0.05) is 9.79 Å². The van der Waals surface area contributed by atoms with Gasteiger partial charge < -0.3 is 4.74 Å². The van der Waals surface area contributed by atoms with Crippen LogP contribution in [0.2, 0.25) is 0 Å². The summed E-state index contributed by atoms with van der Waals surface area (Å²) >= 11 is 1.77. The second kappa shape index (κ2) is 5.78. The van der Waals surface area contributed by atoms with Crippen LogP contribution in [0.3, 0.4) is 0 Å². The van der Waals surface area contributed by atoms with Gasteiger partial charge in [0.2, 0.25) is 0 Å². The van der Waals surface area contributed by atoms with Crippen LogP contribution >= 0.6 is 11.8 Å². The van der Waals surface area contributed by atoms with Gasteiger partial charge in [-0.05, 0) is 50.2 Å². The lowest BCUT2D eigenvalue weighted by atomic mass is 10.2. The summed E-state index contributed by atoms with van der Waals surface area (Å²) in [7, 11) is 0. The fraction of sp³-hybridized carbons (Fsp3) is 0.200. The van der Waals surface area contributed by atoms with E-state index in [9.17, 15) is 0 Å². The summed E-state index contributed by atoms with van der Waals surface area (Å²) in [5, 5.41) is 0. The van der Waals surface area contributed by atoms with E-state index in [-0.39, 0.29) is 0 Å². The van der Waals surface area contributed by atoms with Crippen molar-refractivity contribution in [3.8, 4) is 5.75 Å². The van der Waals surface area contributed by atoms with Gasteiger partial charge in [0.1, 0.15) is 5.75 Å². The van der Waals surface area contributed by atoms with Gasteiger partial charge in [-0.3, -0.25) is 0 Å². The maximum Gasteiger partial charge on any atom is 0.119 e. The summed E-state index contributed by atoms with van der Waals surface area (Å²) in [6.45, 7) is 4.81. The summed E-state index contributed by atoms with van der Waals surface area (Å²) in [5.74, 6) is 0.931. The Morgan fingerprint density at radius 2 is 1.41 bits per heavy atom. The molecule has 0 aromatic heterocycles. The Hall–Kier alpha value is -1.41. The monoisotopic (exact) mass is 244 g/mol. The van der Waals surface area contributed by atoms with Crippen molar-refractivity contribution >= 4 is 11.8 Å². The molecule has 2 heteroatoms. The van der Waals surface area contributed by atoms with Gasteiger partial charge in [-0.1, -0.05) is 29.5 Å². The lowest BCUT2D eigenvalue weighted by Gasteiger charge is -2.05. The largest absolute Gasteiger partial charge is 0.494 e. The van der Waals surface area contributed by atoms with Gasteiger partial charge in [0.25, 0.3) is 0 Å². The van der Waals surface area contributed by atoms with Crippen molar-refractivity contribution in [3.63, 3.8) is 0 Å². The summed E-state index contributed by atoms with van der Waals surface area (Å²) in [6, 6.07) is 16.8. The van der Waals surface area contributed by atoms with E-state index in [0.29, 0.717) is 6.61 Å². The number of ether oxygens (including phenoxy) is 1. The van der Waals surface area contributed by atoms with Crippen LogP contribution in [0.15, 0.2) is 58.3 Å². The van der Waals surface area contributed by atoms with Gasteiger partial charge >= 0.3 is 0 Å². The first-order chi connectivity index (χ1) is 8.28. The van der Waals surface area contributed by atoms with Gasteiger partial charge in [-0.25, -0.2) is 0 Å². The highest BCUT2D eigenvalue weighted by Crippen LogP contribution is 2.29. The lowest BCUT2D eigenvalue weighted by Crippen LogP contribution is -1.90. The van der Waals surface area contributed by atoms with Crippen molar-refractivity contribution < 1.29 is 4.74 Å². The van der Waals surface area contributed by atoms with Crippen LogP contribution in [0.1, 0.15) is 12.5 Å². The maximum absolute atomic E-state index is 5.42. The highest BCUT2D eigenvalue weighted by Gasteiger charge is 1.98. The number of rotatable bonds is 4. The minimum atomic E-state index is 0.713. The molecule has 0 saturated carbocycles. The zero-order valence-corrected chi connectivity index (χ0v) is 11.0. The first-order valence-electron chi connectivity index (χ1n) is 5.75. The predicted molar refractivity (Wildman–Crippen MR) is 72.9 cm³/mol. The molecule has 0 aliphatic carbocycles. The van der Waals surface area contributed by atoms with Crippen LogP contribution < -0.4 is 4.74 Å². The summed E-state index contributed by atoms with van der Waals surface area (Å²) in [6.07, 6.45) is 0. The third kappa shape index (κ3) is 3.53. The van der Waals surface area contributed by atoms with E-state index >= 15 is 0 Å². The molecule has 0 radical (unpaired) electrons. The second-order valence-corrected chi connectivity index (χ2v) is 4.97. The summed E-state index contributed by atoms with van der Waals surface area (Å²) in [4.78, 5) is 2.50. The molecule has 0 amide bonds. The Morgan fingerprint density at radius 1 is 0.882 bits per heavy atom. The van der Waals surface area contributed by atoms with Crippen molar-refractivity contribution in [2.75, 3.05) is 6.61 Å². The predicted octanol–water partition coefficient (Wildman–Crippen LogP) is 4.54. The third-order valence-corrected chi connectivity index (χ3v) is 3.41. The molecule has 88 valence electrons. The first-order valence-corrected chi connectivity index (χ1v) is 6.57. The lowest BCUT2D eigenvalue weighted by molar-refractivity contribution is 0.340. The van der Waals surface area contributed by atoms with E-state index in [2.05, 4.69) is 43.3 Å². The van der Waals surface area contributed by atoms with Gasteiger partial charge in [-0.15, -0.1) is 0 Å². The summed E-state index contributed by atoms with van der Waals surface area (Å²) < 4.78 is 5.42. The minimum Gasteiger partial charge on any atom is -0.494 e. The van der Waals surface area contributed by atoms with Crippen LogP contribution in [-0.2, 0) is 0 Å². The van der Waals surface area contributed by atoms with Crippen LogP contribution in [0.25, 0.3) is 0 Å². The molecule has 2 aromatic rings. The Kier molecular flexibility index (Phi) is 4.10. The average molecular weight is 244 g/mol. The molecule has 0 aliphatic heterocycles. The number of hydrogen-bond donors (Lipinski definition) is 0. The van der Waals surface area contributed by atoms with Crippen molar-refractivity contribution in [2.24, 2.45) is 0 Å². The Balaban J connectivity index is 2.05. The van der Waals surface area contributed by atoms with Crippen LogP contribution in [0, 0.1) is 6.92 Å². The molecule has 0 atom stereocenters. The molecule has 0 N–H and O–H groups in total. The highest BCUT2D eigenvalue weighted by atomic mass is 32.2. The van der Waals surface area contributed by atoms with Gasteiger partial charge in [0.05, 0.1) is 6.61 Å². The van der Waals surface area contributed by atoms with Crippen LogP contribution in [0.5, 0.6) is 5.75 Å². The van der Waals surface area contributed by atoms with Crippen LogP contribution in [0.4, 0.5) is 0 Å². The highest BCUT2D eigenvalue weighted by molar-refractivity contribution is 7.99. The van der Waals surface area contributed by atoms with Crippen molar-refractivity contribution in [2.45, 2.75) is 23.6 Å². The van der Waals surface area contributed by atoms with E-state index in [1.165, 1.54) is 15.4 Å². The Morgan fingerprint density at radius 3 is 1.94 bits per heavy atom. The fourth-order valence-corrected chi connectivity index (χ4v) is 2.33. The number of aryl methyl sites for hydroxylation is 1. The van der Waals surface area contributed by atoms with Gasteiger partial charge in [-0.2, -0.15) is 0 Å². The molecular weight excluding hydrogens is 228 g/mol. The minimum absolute atomic E-state index is 0.713. The summed E-state index contributed by atoms with van der Waals surface area (Å²) in [5.41, 5.74) is 1.29. The molecule has 0 heterocycles. The van der Waals surface area contributed by atoms with E-state index in [4.69, 9.17) is 4.74 Å². The molecule has 1 nitrogen and oxygen atoms in total. The molecule has 17 heavy (non-hydrogen) atoms. The fourth-order valence-electron chi connectivity index (χ4n) is 1.51. The quantitative estimate of drug-likeness (QED) is 0.780. The molecule has 2 rings (SSSR count). The third-order valence-electron chi connectivity index (χ3n) is 2.39. The molecule has 0 saturated heterocycles. The molecular formula is C15H16OS. The standard InChI is InChI=1S/C15H16OS/c1-3-16-13-6-10-15(11-7-13)17-14-8-4-12(2)5-9-14/h4-11H,3H2,1-2H3.